The van der Waals surface area contributed by atoms with Crippen LogP contribution < -0.4 is 0 Å². The van der Waals surface area contributed by atoms with E-state index in [-0.39, 0.29) is 23.7 Å². The van der Waals surface area contributed by atoms with Gasteiger partial charge in [-0.2, -0.15) is 0 Å². The summed E-state index contributed by atoms with van der Waals surface area (Å²) in [5.41, 5.74) is 2.36. The molecule has 0 N–H and O–H groups in total. The van der Waals surface area contributed by atoms with E-state index in [1.54, 1.807) is 0 Å². The van der Waals surface area contributed by atoms with E-state index in [1.165, 1.54) is 11.1 Å². The van der Waals surface area contributed by atoms with Crippen molar-refractivity contribution in [2.24, 2.45) is 17.3 Å². The Labute approximate surface area is 248 Å². The van der Waals surface area contributed by atoms with Gasteiger partial charge in [-0.3, -0.25) is 9.59 Å². The molecule has 2 aromatic rings. The Morgan fingerprint density at radius 3 is 2.23 bits per heavy atom. The summed E-state index contributed by atoms with van der Waals surface area (Å²) in [6, 6.07) is 19.1. The molecule has 39 heavy (non-hydrogen) atoms. The molecule has 2 atom stereocenters. The lowest BCUT2D eigenvalue weighted by Crippen LogP contribution is -2.46. The highest BCUT2D eigenvalue weighted by atomic mass is 79.9. The molecule has 1 spiro atoms. The van der Waals surface area contributed by atoms with Gasteiger partial charge in [0, 0.05) is 49.0 Å². The van der Waals surface area contributed by atoms with Gasteiger partial charge in [0.1, 0.15) is 0 Å². The van der Waals surface area contributed by atoms with Gasteiger partial charge >= 0.3 is 0 Å². The van der Waals surface area contributed by atoms with E-state index in [0.29, 0.717) is 30.2 Å². The van der Waals surface area contributed by atoms with Crippen LogP contribution in [0, 0.1) is 17.3 Å². The highest BCUT2D eigenvalue weighted by molar-refractivity contribution is 9.10. The van der Waals surface area contributed by atoms with Crippen molar-refractivity contribution in [2.75, 3.05) is 39.3 Å². The molecule has 5 rings (SSSR count). The van der Waals surface area contributed by atoms with E-state index in [0.717, 1.165) is 75.8 Å². The van der Waals surface area contributed by atoms with E-state index >= 15 is 0 Å². The van der Waals surface area contributed by atoms with Crippen LogP contribution in [0.25, 0.3) is 0 Å². The second kappa shape index (κ2) is 13.2. The Kier molecular flexibility index (Phi) is 10.2. The van der Waals surface area contributed by atoms with Crippen molar-refractivity contribution in [3.05, 3.63) is 70.2 Å². The zero-order valence-electron chi connectivity index (χ0n) is 23.4. The Balaban J connectivity index is 0.00000353. The summed E-state index contributed by atoms with van der Waals surface area (Å²) in [5, 5.41) is 0. The predicted molar refractivity (Wildman–Crippen MR) is 163 cm³/mol. The summed E-state index contributed by atoms with van der Waals surface area (Å²) >= 11 is 3.50. The maximum atomic E-state index is 13.5. The number of hydrogen-bond donors (Lipinski definition) is 0. The molecule has 7 heteroatoms. The molecule has 0 saturated carbocycles. The molecular formula is C32H43BrClN3O2. The SMILES string of the molecule is CCC(CC)C(=O)N1C[C@H](CN2CCC3(CC2)CCN(Cc2ccc(Br)cc2)C3=O)[C@@H](c2ccccc2)C1.Cl. The first-order valence-electron chi connectivity index (χ1n) is 14.5. The Morgan fingerprint density at radius 2 is 1.59 bits per heavy atom. The molecule has 0 unspecified atom stereocenters. The van der Waals surface area contributed by atoms with Gasteiger partial charge in [-0.05, 0) is 74.4 Å². The summed E-state index contributed by atoms with van der Waals surface area (Å²) < 4.78 is 1.07. The van der Waals surface area contributed by atoms with Crippen LogP contribution in [0.2, 0.25) is 0 Å². The number of hydrogen-bond acceptors (Lipinski definition) is 3. The first-order valence-corrected chi connectivity index (χ1v) is 15.3. The number of amides is 2. The molecular weight excluding hydrogens is 574 g/mol. The van der Waals surface area contributed by atoms with Crippen molar-refractivity contribution < 1.29 is 9.59 Å². The number of piperidine rings is 1. The van der Waals surface area contributed by atoms with Crippen molar-refractivity contribution in [3.63, 3.8) is 0 Å². The maximum Gasteiger partial charge on any atom is 0.229 e. The molecule has 0 radical (unpaired) electrons. The first kappa shape index (κ1) is 30.1. The average Bonchev–Trinajstić information content (AvgIpc) is 3.49. The molecule has 212 valence electrons. The van der Waals surface area contributed by atoms with E-state index in [1.807, 2.05) is 0 Å². The molecule has 2 aromatic carbocycles. The molecule has 0 bridgehead atoms. The standard InChI is InChI=1S/C32H42BrN3O2.ClH/c1-3-25(4-2)30(37)36-22-27(29(23-36)26-8-6-5-7-9-26)21-34-17-14-32(15-18-34)16-19-35(31(32)38)20-24-10-12-28(33)13-11-24;/h5-13,25,27,29H,3-4,14-23H2,1-2H3;1H/t27-,29+;/m0./s1. The van der Waals surface area contributed by atoms with Gasteiger partial charge in [0.15, 0.2) is 0 Å². The van der Waals surface area contributed by atoms with Gasteiger partial charge in [0.2, 0.25) is 11.8 Å². The molecule has 3 aliphatic rings. The third-order valence-corrected chi connectivity index (χ3v) is 10.0. The minimum atomic E-state index is -0.183. The largest absolute Gasteiger partial charge is 0.341 e. The fraction of sp³-hybridized carbons (Fsp3) is 0.562. The van der Waals surface area contributed by atoms with Gasteiger partial charge in [0.05, 0.1) is 5.41 Å². The zero-order chi connectivity index (χ0) is 26.7. The number of carbonyl (C=O) groups excluding carboxylic acids is 2. The third-order valence-electron chi connectivity index (χ3n) is 9.51. The van der Waals surface area contributed by atoms with Crippen LogP contribution in [-0.4, -0.2) is 65.8 Å². The lowest BCUT2D eigenvalue weighted by molar-refractivity contribution is -0.139. The van der Waals surface area contributed by atoms with Crippen LogP contribution in [0.15, 0.2) is 59.1 Å². The highest BCUT2D eigenvalue weighted by Gasteiger charge is 2.48. The molecule has 3 heterocycles. The Hall–Kier alpha value is -1.89. The number of benzene rings is 2. The van der Waals surface area contributed by atoms with Crippen LogP contribution in [0.3, 0.4) is 0 Å². The van der Waals surface area contributed by atoms with E-state index in [9.17, 15) is 9.59 Å². The lowest BCUT2D eigenvalue weighted by atomic mass is 9.76. The zero-order valence-corrected chi connectivity index (χ0v) is 25.8. The average molecular weight is 617 g/mol. The minimum Gasteiger partial charge on any atom is -0.341 e. The van der Waals surface area contributed by atoms with Gasteiger partial charge in [-0.15, -0.1) is 12.4 Å². The minimum absolute atomic E-state index is 0. The molecule has 0 aromatic heterocycles. The number of rotatable bonds is 8. The van der Waals surface area contributed by atoms with Crippen molar-refractivity contribution >= 4 is 40.2 Å². The topological polar surface area (TPSA) is 43.9 Å². The first-order chi connectivity index (χ1) is 18.4. The number of likely N-dealkylation sites (tertiary alicyclic amines) is 3. The van der Waals surface area contributed by atoms with Crippen LogP contribution >= 0.6 is 28.3 Å². The van der Waals surface area contributed by atoms with Crippen molar-refractivity contribution in [1.82, 2.24) is 14.7 Å². The quantitative estimate of drug-likeness (QED) is 0.347. The van der Waals surface area contributed by atoms with E-state index in [4.69, 9.17) is 0 Å². The fourth-order valence-electron chi connectivity index (χ4n) is 7.02. The fourth-order valence-corrected chi connectivity index (χ4v) is 7.29. The van der Waals surface area contributed by atoms with E-state index in [2.05, 4.69) is 99.1 Å². The van der Waals surface area contributed by atoms with Gasteiger partial charge in [0.25, 0.3) is 0 Å². The van der Waals surface area contributed by atoms with Crippen molar-refractivity contribution in [3.8, 4) is 0 Å². The number of halogens is 2. The van der Waals surface area contributed by atoms with Crippen LogP contribution in [0.5, 0.6) is 0 Å². The highest BCUT2D eigenvalue weighted by Crippen LogP contribution is 2.43. The third kappa shape index (κ3) is 6.55. The molecule has 2 amide bonds. The van der Waals surface area contributed by atoms with Crippen molar-refractivity contribution in [2.45, 2.75) is 58.4 Å². The van der Waals surface area contributed by atoms with Crippen LogP contribution in [-0.2, 0) is 16.1 Å². The van der Waals surface area contributed by atoms with Crippen molar-refractivity contribution in [1.29, 1.82) is 0 Å². The molecule has 3 saturated heterocycles. The summed E-state index contributed by atoms with van der Waals surface area (Å²) in [6.07, 6.45) is 4.69. The number of nitrogens with zero attached hydrogens (tertiary/aromatic N) is 3. The molecule has 3 fully saturated rings. The monoisotopic (exact) mass is 615 g/mol. The predicted octanol–water partition coefficient (Wildman–Crippen LogP) is 6.36. The second-order valence-corrected chi connectivity index (χ2v) is 12.6. The molecule has 3 aliphatic heterocycles. The smallest absolute Gasteiger partial charge is 0.229 e. The normalized spacial score (nSPS) is 23.0. The van der Waals surface area contributed by atoms with Crippen LogP contribution in [0.4, 0.5) is 0 Å². The maximum absolute atomic E-state index is 13.5. The van der Waals surface area contributed by atoms with E-state index < -0.39 is 0 Å². The summed E-state index contributed by atoms with van der Waals surface area (Å²) in [7, 11) is 0. The molecule has 0 aliphatic carbocycles. The lowest BCUT2D eigenvalue weighted by Gasteiger charge is -2.39. The Morgan fingerprint density at radius 1 is 0.949 bits per heavy atom. The van der Waals surface area contributed by atoms with Gasteiger partial charge < -0.3 is 14.7 Å². The second-order valence-electron chi connectivity index (χ2n) is 11.7. The van der Waals surface area contributed by atoms with Crippen LogP contribution in [0.1, 0.15) is 63.0 Å². The summed E-state index contributed by atoms with van der Waals surface area (Å²) in [6.45, 7) is 10.4. The summed E-state index contributed by atoms with van der Waals surface area (Å²) in [5.74, 6) is 1.62. The summed E-state index contributed by atoms with van der Waals surface area (Å²) in [4.78, 5) is 33.6. The van der Waals surface area contributed by atoms with Gasteiger partial charge in [-0.25, -0.2) is 0 Å². The molecule has 5 nitrogen and oxygen atoms in total. The van der Waals surface area contributed by atoms with Gasteiger partial charge in [-0.1, -0.05) is 72.2 Å². The number of carbonyl (C=O) groups is 2. The Bertz CT molecular complexity index is 1100.